The second kappa shape index (κ2) is 25.3. The highest BCUT2D eigenvalue weighted by atomic mass is 16.5. The second-order valence-corrected chi connectivity index (χ2v) is 17.5. The summed E-state index contributed by atoms with van der Waals surface area (Å²) in [5.74, 6) is -4.16. The fourth-order valence-corrected chi connectivity index (χ4v) is 7.60. The molecule has 1 heterocycles. The molecule has 0 saturated carbocycles. The molecule has 0 aliphatic carbocycles. The molecule has 1 fully saturated rings. The second-order valence-electron chi connectivity index (χ2n) is 17.5. The van der Waals surface area contributed by atoms with E-state index in [9.17, 15) is 33.6 Å². The summed E-state index contributed by atoms with van der Waals surface area (Å²) >= 11 is 0. The largest absolute Gasteiger partial charge is 0.451 e. The maximum atomic E-state index is 14.5. The summed E-state index contributed by atoms with van der Waals surface area (Å²) in [6.45, 7) is 16.7. The van der Waals surface area contributed by atoms with E-state index in [4.69, 9.17) is 4.74 Å². The van der Waals surface area contributed by atoms with Crippen molar-refractivity contribution in [1.29, 1.82) is 0 Å². The summed E-state index contributed by atoms with van der Waals surface area (Å²) in [6.07, 6.45) is 5.18. The van der Waals surface area contributed by atoms with Gasteiger partial charge in [-0.1, -0.05) is 117 Å². The van der Waals surface area contributed by atoms with Crippen molar-refractivity contribution >= 4 is 41.4 Å². The van der Waals surface area contributed by atoms with Crippen LogP contribution in [-0.4, -0.2) is 120 Å². The number of esters is 1. The topological polar surface area (TPSA) is 175 Å². The number of nitrogens with one attached hydrogen (secondary N) is 3. The van der Waals surface area contributed by atoms with Crippen LogP contribution in [0.15, 0.2) is 30.3 Å². The maximum absolute atomic E-state index is 14.5. The first-order valence-corrected chi connectivity index (χ1v) is 22.2. The monoisotopic (exact) mass is 841 g/mol. The molecule has 0 unspecified atom stereocenters. The molecule has 9 atom stereocenters. The quantitative estimate of drug-likeness (QED) is 0.207. The Hall–Kier alpha value is -4.49. The Balaban J connectivity index is 2.76. The Morgan fingerprint density at radius 3 is 1.55 bits per heavy atom. The molecule has 1 aromatic carbocycles. The van der Waals surface area contributed by atoms with Gasteiger partial charge < -0.3 is 35.4 Å². The van der Waals surface area contributed by atoms with E-state index in [2.05, 4.69) is 29.8 Å². The first-order chi connectivity index (χ1) is 28.3. The van der Waals surface area contributed by atoms with Gasteiger partial charge in [0.25, 0.3) is 5.91 Å². The fourth-order valence-electron chi connectivity index (χ4n) is 7.60. The van der Waals surface area contributed by atoms with Crippen LogP contribution in [-0.2, 0) is 44.7 Å². The summed E-state index contributed by atoms with van der Waals surface area (Å²) in [4.78, 5) is 103. The van der Waals surface area contributed by atoms with Gasteiger partial charge in [0.05, 0.1) is 0 Å². The van der Waals surface area contributed by atoms with Gasteiger partial charge in [-0.2, -0.15) is 0 Å². The Kier molecular flexibility index (Phi) is 21.8. The van der Waals surface area contributed by atoms with E-state index >= 15 is 0 Å². The van der Waals surface area contributed by atoms with E-state index < -0.39 is 83.8 Å². The van der Waals surface area contributed by atoms with Gasteiger partial charge in [0, 0.05) is 27.6 Å². The van der Waals surface area contributed by atoms with Crippen molar-refractivity contribution in [2.45, 2.75) is 175 Å². The number of rotatable bonds is 15. The number of carbonyl (C=O) groups excluding carboxylic acids is 7. The van der Waals surface area contributed by atoms with Gasteiger partial charge in [0.1, 0.15) is 36.3 Å². The molecule has 0 radical (unpaired) electrons. The zero-order chi connectivity index (χ0) is 45.3. The van der Waals surface area contributed by atoms with Gasteiger partial charge in [-0.05, 0) is 62.8 Å². The van der Waals surface area contributed by atoms with E-state index in [-0.39, 0.29) is 49.9 Å². The highest BCUT2D eigenvalue weighted by molar-refractivity contribution is 5.97. The van der Waals surface area contributed by atoms with Gasteiger partial charge >= 0.3 is 5.97 Å². The fraction of sp³-hybridized carbons (Fsp3) is 0.717. The van der Waals surface area contributed by atoms with E-state index in [0.717, 1.165) is 44.1 Å². The summed E-state index contributed by atoms with van der Waals surface area (Å²) in [7, 11) is 4.49. The van der Waals surface area contributed by atoms with Gasteiger partial charge in [-0.25, -0.2) is 4.79 Å². The first-order valence-electron chi connectivity index (χ1n) is 22.2. The lowest BCUT2D eigenvalue weighted by molar-refractivity contribution is -0.162. The number of ether oxygens (including phenoxy) is 1. The third-order valence-corrected chi connectivity index (χ3v) is 11.8. The zero-order valence-corrected chi connectivity index (χ0v) is 38.5. The van der Waals surface area contributed by atoms with Crippen LogP contribution in [0.4, 0.5) is 0 Å². The number of carbonyl (C=O) groups is 7. The number of hydrogen-bond acceptors (Lipinski definition) is 8. The van der Waals surface area contributed by atoms with Crippen LogP contribution in [0.25, 0.3) is 0 Å². The Bertz CT molecular complexity index is 1570. The molecule has 1 aliphatic rings. The van der Waals surface area contributed by atoms with E-state index in [1.165, 1.54) is 49.7 Å². The minimum absolute atomic E-state index is 0.0249. The molecule has 60 heavy (non-hydrogen) atoms. The average molecular weight is 841 g/mol. The molecule has 1 aliphatic heterocycles. The number of benzene rings is 1. The van der Waals surface area contributed by atoms with Crippen molar-refractivity contribution in [1.82, 2.24) is 30.7 Å². The van der Waals surface area contributed by atoms with Crippen molar-refractivity contribution in [2.24, 2.45) is 17.8 Å². The van der Waals surface area contributed by atoms with Crippen LogP contribution >= 0.6 is 0 Å². The summed E-state index contributed by atoms with van der Waals surface area (Å²) in [6, 6.07) is 2.84. The highest BCUT2D eigenvalue weighted by Gasteiger charge is 2.39. The van der Waals surface area contributed by atoms with E-state index in [1.54, 1.807) is 6.92 Å². The molecule has 6 amide bonds. The normalized spacial score (nSPS) is 25.9. The number of cyclic esters (lactones) is 1. The van der Waals surface area contributed by atoms with Crippen LogP contribution in [0.1, 0.15) is 132 Å². The van der Waals surface area contributed by atoms with Crippen molar-refractivity contribution in [2.75, 3.05) is 21.1 Å². The minimum Gasteiger partial charge on any atom is -0.451 e. The summed E-state index contributed by atoms with van der Waals surface area (Å²) in [5, 5.41) is 8.66. The van der Waals surface area contributed by atoms with Crippen LogP contribution in [0.3, 0.4) is 0 Å². The van der Waals surface area contributed by atoms with E-state index in [0.29, 0.717) is 0 Å². The highest BCUT2D eigenvalue weighted by Crippen LogP contribution is 2.21. The molecule has 14 nitrogen and oxygen atoms in total. The van der Waals surface area contributed by atoms with Gasteiger partial charge in [0.2, 0.25) is 29.5 Å². The Morgan fingerprint density at radius 1 is 0.600 bits per heavy atom. The molecule has 0 aromatic heterocycles. The predicted octanol–water partition coefficient (Wildman–Crippen LogP) is 5.02. The van der Waals surface area contributed by atoms with E-state index in [1.807, 2.05) is 58.0 Å². The minimum atomic E-state index is -1.32. The SMILES string of the molecule is CCCC[C@@H](C)C[C@@H]1NC(=O)[C@H](Cc2ccccc2)N(C)C(=O)[C@H](CC)NC(=O)[C@H](CC(C)C)N(C)C(=O)[C@H](C[C@H](C)CCCC)NC(=O)[C@@H](C)OC(=O)[C@H](C)N(C)C1=O. The lowest BCUT2D eigenvalue weighted by atomic mass is 9.94. The van der Waals surface area contributed by atoms with Crippen molar-refractivity contribution in [3.05, 3.63) is 35.9 Å². The first kappa shape index (κ1) is 51.7. The van der Waals surface area contributed by atoms with Crippen LogP contribution < -0.4 is 16.0 Å². The molecule has 14 heteroatoms. The third-order valence-electron chi connectivity index (χ3n) is 11.8. The molecular formula is C46H76N6O8. The zero-order valence-electron chi connectivity index (χ0n) is 38.5. The summed E-state index contributed by atoms with van der Waals surface area (Å²) in [5.41, 5.74) is 0.778. The van der Waals surface area contributed by atoms with Gasteiger partial charge in [-0.3, -0.25) is 28.8 Å². The molecule has 0 spiro atoms. The van der Waals surface area contributed by atoms with Crippen LogP contribution in [0.5, 0.6) is 0 Å². The molecule has 3 N–H and O–H groups in total. The molecular weight excluding hydrogens is 765 g/mol. The van der Waals surface area contributed by atoms with Gasteiger partial charge in [-0.15, -0.1) is 0 Å². The lowest BCUT2D eigenvalue weighted by Crippen LogP contribution is -2.60. The van der Waals surface area contributed by atoms with Crippen LogP contribution in [0, 0.1) is 17.8 Å². The predicted molar refractivity (Wildman–Crippen MR) is 233 cm³/mol. The third kappa shape index (κ3) is 15.5. The Morgan fingerprint density at radius 2 is 1.05 bits per heavy atom. The molecule has 0 bridgehead atoms. The number of likely N-dealkylation sites (N-methyl/N-ethyl adjacent to an activating group) is 3. The standard InChI is InChI=1S/C46H76N6O8/c1-13-16-21-30(6)26-36-44(57)50(10)32(8)46(59)60-33(9)40(53)48-37(27-31(7)22-17-14-2)45(58)51(11)38(25-29(4)5)41(54)47-35(15-3)43(56)52(12)39(42(55)49-36)28-34-23-19-18-20-24-34/h18-20,23-24,29-33,35-39H,13-17,21-22,25-28H2,1-12H3,(H,47,54)(H,48,53)(H,49,55)/t30-,31-,32+,33-,35+,36+,37+,38+,39+/m1/s1. The number of hydrogen-bond donors (Lipinski definition) is 3. The van der Waals surface area contributed by atoms with Crippen LogP contribution in [0.2, 0.25) is 0 Å². The maximum Gasteiger partial charge on any atom is 0.329 e. The van der Waals surface area contributed by atoms with Gasteiger partial charge in [0.15, 0.2) is 6.10 Å². The van der Waals surface area contributed by atoms with Crippen molar-refractivity contribution in [3.63, 3.8) is 0 Å². The molecule has 1 aromatic rings. The Labute approximate surface area is 359 Å². The lowest BCUT2D eigenvalue weighted by Gasteiger charge is -2.35. The molecule has 338 valence electrons. The number of amides is 6. The van der Waals surface area contributed by atoms with Crippen molar-refractivity contribution < 1.29 is 38.3 Å². The average Bonchev–Trinajstić information content (AvgIpc) is 3.22. The number of unbranched alkanes of at least 4 members (excludes halogenated alkanes) is 2. The molecule has 2 rings (SSSR count). The van der Waals surface area contributed by atoms with Crippen molar-refractivity contribution in [3.8, 4) is 0 Å². The summed E-state index contributed by atoms with van der Waals surface area (Å²) < 4.78 is 5.62. The molecule has 1 saturated heterocycles. The smallest absolute Gasteiger partial charge is 0.329 e. The number of nitrogens with zero attached hydrogens (tertiary/aromatic N) is 3.